The standard InChI is InChI=1S/C17H23N3S/c1-17(2,3)15-8-12(10-18)9-16(19-15)20-6-4-14-13(11-20)5-7-21-14/h5,7-9H,4,6,10-11,18H2,1-3H3. The van der Waals surface area contributed by atoms with E-state index < -0.39 is 0 Å². The number of anilines is 1. The molecule has 0 fully saturated rings. The summed E-state index contributed by atoms with van der Waals surface area (Å²) >= 11 is 1.87. The van der Waals surface area contributed by atoms with Crippen LogP contribution < -0.4 is 10.6 Å². The van der Waals surface area contributed by atoms with E-state index in [1.54, 1.807) is 0 Å². The first-order valence-corrected chi connectivity index (χ1v) is 8.37. The van der Waals surface area contributed by atoms with Crippen molar-refractivity contribution < 1.29 is 0 Å². The van der Waals surface area contributed by atoms with Gasteiger partial charge in [-0.15, -0.1) is 11.3 Å². The highest BCUT2D eigenvalue weighted by Crippen LogP contribution is 2.29. The van der Waals surface area contributed by atoms with Gasteiger partial charge in [0.15, 0.2) is 0 Å². The maximum atomic E-state index is 5.88. The van der Waals surface area contributed by atoms with Gasteiger partial charge in [-0.05, 0) is 41.1 Å². The van der Waals surface area contributed by atoms with E-state index >= 15 is 0 Å². The smallest absolute Gasteiger partial charge is 0.129 e. The number of hydrogen-bond acceptors (Lipinski definition) is 4. The summed E-state index contributed by atoms with van der Waals surface area (Å²) in [5, 5.41) is 2.19. The molecular weight excluding hydrogens is 278 g/mol. The second kappa shape index (κ2) is 5.43. The van der Waals surface area contributed by atoms with E-state index in [1.807, 2.05) is 11.3 Å². The zero-order chi connectivity index (χ0) is 15.0. The quantitative estimate of drug-likeness (QED) is 0.923. The predicted molar refractivity (Wildman–Crippen MR) is 89.9 cm³/mol. The second-order valence-electron chi connectivity index (χ2n) is 6.71. The first kappa shape index (κ1) is 14.5. The van der Waals surface area contributed by atoms with Gasteiger partial charge in [0.25, 0.3) is 0 Å². The molecule has 0 amide bonds. The fraction of sp³-hybridized carbons (Fsp3) is 0.471. The maximum Gasteiger partial charge on any atom is 0.129 e. The van der Waals surface area contributed by atoms with Crippen LogP contribution in [0.25, 0.3) is 0 Å². The van der Waals surface area contributed by atoms with Gasteiger partial charge < -0.3 is 10.6 Å². The van der Waals surface area contributed by atoms with Crippen LogP contribution in [0.4, 0.5) is 5.82 Å². The number of hydrogen-bond donors (Lipinski definition) is 1. The lowest BCUT2D eigenvalue weighted by atomic mass is 9.90. The van der Waals surface area contributed by atoms with E-state index in [1.165, 1.54) is 16.0 Å². The van der Waals surface area contributed by atoms with Crippen LogP contribution >= 0.6 is 11.3 Å². The topological polar surface area (TPSA) is 42.1 Å². The third-order valence-electron chi connectivity index (χ3n) is 4.01. The van der Waals surface area contributed by atoms with Crippen LogP contribution in [0.15, 0.2) is 23.6 Å². The molecule has 3 rings (SSSR count). The van der Waals surface area contributed by atoms with Crippen molar-refractivity contribution in [1.82, 2.24) is 4.98 Å². The highest BCUT2D eigenvalue weighted by Gasteiger charge is 2.22. The molecule has 21 heavy (non-hydrogen) atoms. The van der Waals surface area contributed by atoms with Crippen molar-refractivity contribution in [3.63, 3.8) is 0 Å². The van der Waals surface area contributed by atoms with E-state index in [0.29, 0.717) is 6.54 Å². The molecule has 0 atom stereocenters. The largest absolute Gasteiger partial charge is 0.352 e. The molecule has 4 heteroatoms. The van der Waals surface area contributed by atoms with Gasteiger partial charge in [0.05, 0.1) is 0 Å². The summed E-state index contributed by atoms with van der Waals surface area (Å²) in [5.74, 6) is 1.07. The van der Waals surface area contributed by atoms with Crippen molar-refractivity contribution in [1.29, 1.82) is 0 Å². The molecule has 1 aliphatic rings. The Labute approximate surface area is 130 Å². The Morgan fingerprint density at radius 1 is 1.33 bits per heavy atom. The number of thiophene rings is 1. The van der Waals surface area contributed by atoms with Gasteiger partial charge in [-0.3, -0.25) is 0 Å². The van der Waals surface area contributed by atoms with Gasteiger partial charge >= 0.3 is 0 Å². The molecule has 0 spiro atoms. The monoisotopic (exact) mass is 301 g/mol. The zero-order valence-electron chi connectivity index (χ0n) is 13.0. The van der Waals surface area contributed by atoms with Crippen molar-refractivity contribution in [2.75, 3.05) is 11.4 Å². The molecule has 1 aliphatic heterocycles. The Bertz CT molecular complexity index is 640. The molecule has 0 saturated heterocycles. The third kappa shape index (κ3) is 2.97. The van der Waals surface area contributed by atoms with Crippen LogP contribution in [0, 0.1) is 0 Å². The minimum Gasteiger partial charge on any atom is -0.352 e. The lowest BCUT2D eigenvalue weighted by Gasteiger charge is -2.30. The highest BCUT2D eigenvalue weighted by molar-refractivity contribution is 7.10. The van der Waals surface area contributed by atoms with Gasteiger partial charge in [0, 0.05) is 35.6 Å². The van der Waals surface area contributed by atoms with Gasteiger partial charge in [-0.2, -0.15) is 0 Å². The van der Waals surface area contributed by atoms with Crippen molar-refractivity contribution in [3.05, 3.63) is 45.3 Å². The zero-order valence-corrected chi connectivity index (χ0v) is 13.8. The van der Waals surface area contributed by atoms with Gasteiger partial charge in [-0.25, -0.2) is 4.98 Å². The van der Waals surface area contributed by atoms with Gasteiger partial charge in [0.2, 0.25) is 0 Å². The first-order chi connectivity index (χ1) is 9.97. The average Bonchev–Trinajstić information content (AvgIpc) is 2.93. The van der Waals surface area contributed by atoms with Crippen LogP contribution in [0.2, 0.25) is 0 Å². The summed E-state index contributed by atoms with van der Waals surface area (Å²) in [4.78, 5) is 8.81. The minimum absolute atomic E-state index is 0.0449. The van der Waals surface area contributed by atoms with Crippen molar-refractivity contribution in [3.8, 4) is 0 Å². The summed E-state index contributed by atoms with van der Waals surface area (Å²) in [5.41, 5.74) is 9.66. The van der Waals surface area contributed by atoms with E-state index in [2.05, 4.69) is 49.3 Å². The summed E-state index contributed by atoms with van der Waals surface area (Å²) < 4.78 is 0. The number of nitrogens with two attached hydrogens (primary N) is 1. The lowest BCUT2D eigenvalue weighted by Crippen LogP contribution is -2.31. The molecule has 3 nitrogen and oxygen atoms in total. The van der Waals surface area contributed by atoms with E-state index in [0.717, 1.165) is 31.0 Å². The van der Waals surface area contributed by atoms with E-state index in [-0.39, 0.29) is 5.41 Å². The van der Waals surface area contributed by atoms with Crippen molar-refractivity contribution >= 4 is 17.2 Å². The summed E-state index contributed by atoms with van der Waals surface area (Å²) in [6, 6.07) is 6.53. The number of aromatic nitrogens is 1. The van der Waals surface area contributed by atoms with Gasteiger partial charge in [0.1, 0.15) is 5.82 Å². The fourth-order valence-electron chi connectivity index (χ4n) is 2.68. The normalized spacial score (nSPS) is 15.1. The summed E-state index contributed by atoms with van der Waals surface area (Å²) in [6.45, 7) is 9.17. The van der Waals surface area contributed by atoms with E-state index in [4.69, 9.17) is 10.7 Å². The fourth-order valence-corrected chi connectivity index (χ4v) is 3.57. The minimum atomic E-state index is 0.0449. The molecule has 0 saturated carbocycles. The number of rotatable bonds is 2. The molecule has 0 aliphatic carbocycles. The van der Waals surface area contributed by atoms with Crippen LogP contribution in [-0.2, 0) is 24.9 Å². The third-order valence-corrected chi connectivity index (χ3v) is 5.03. The second-order valence-corrected chi connectivity index (χ2v) is 7.71. The predicted octanol–water partition coefficient (Wildman–Crippen LogP) is 3.46. The SMILES string of the molecule is CC(C)(C)c1cc(CN)cc(N2CCc3sccc3C2)n1. The Hall–Kier alpha value is -1.39. The molecule has 3 heterocycles. The average molecular weight is 301 g/mol. The lowest BCUT2D eigenvalue weighted by molar-refractivity contribution is 0.565. The highest BCUT2D eigenvalue weighted by atomic mass is 32.1. The molecule has 0 radical (unpaired) electrons. The molecule has 0 aromatic carbocycles. The molecule has 0 bridgehead atoms. The van der Waals surface area contributed by atoms with Crippen LogP contribution in [0.5, 0.6) is 0 Å². The molecule has 2 N–H and O–H groups in total. The molecule has 112 valence electrons. The van der Waals surface area contributed by atoms with Crippen molar-refractivity contribution in [2.24, 2.45) is 5.73 Å². The summed E-state index contributed by atoms with van der Waals surface area (Å²) in [7, 11) is 0. The first-order valence-electron chi connectivity index (χ1n) is 7.49. The number of nitrogens with zero attached hydrogens (tertiary/aromatic N) is 2. The Kier molecular flexibility index (Phi) is 3.76. The van der Waals surface area contributed by atoms with E-state index in [9.17, 15) is 0 Å². The number of fused-ring (bicyclic) bond motifs is 1. The molecular formula is C17H23N3S. The molecule has 2 aromatic heterocycles. The van der Waals surface area contributed by atoms with Crippen LogP contribution in [0.3, 0.4) is 0 Å². The van der Waals surface area contributed by atoms with Crippen molar-refractivity contribution in [2.45, 2.75) is 45.7 Å². The molecule has 0 unspecified atom stereocenters. The Balaban J connectivity index is 1.95. The maximum absolute atomic E-state index is 5.88. The number of pyridine rings is 1. The Morgan fingerprint density at radius 2 is 2.14 bits per heavy atom. The Morgan fingerprint density at radius 3 is 2.86 bits per heavy atom. The van der Waals surface area contributed by atoms with Crippen LogP contribution in [0.1, 0.15) is 42.5 Å². The van der Waals surface area contributed by atoms with Crippen LogP contribution in [-0.4, -0.2) is 11.5 Å². The molecule has 2 aromatic rings. The van der Waals surface area contributed by atoms with Gasteiger partial charge in [-0.1, -0.05) is 20.8 Å². The summed E-state index contributed by atoms with van der Waals surface area (Å²) in [6.07, 6.45) is 1.12.